The molecule has 147 valence electrons. The lowest BCUT2D eigenvalue weighted by molar-refractivity contribution is -0.0882. The van der Waals surface area contributed by atoms with Crippen molar-refractivity contribution in [2.45, 2.75) is 26.2 Å². The van der Waals surface area contributed by atoms with Crippen molar-refractivity contribution < 1.29 is 9.47 Å². The lowest BCUT2D eigenvalue weighted by Gasteiger charge is -2.22. The van der Waals surface area contributed by atoms with Gasteiger partial charge in [0.2, 0.25) is 7.28 Å². The Balaban J connectivity index is 1.59. The van der Waals surface area contributed by atoms with Crippen molar-refractivity contribution in [1.82, 2.24) is 9.55 Å². The fraction of sp³-hybridized carbons (Fsp3) is 0.292. The maximum Gasteiger partial charge on any atom is 0.241 e. The molecule has 0 aliphatic carbocycles. The predicted octanol–water partition coefficient (Wildman–Crippen LogP) is 3.81. The summed E-state index contributed by atoms with van der Waals surface area (Å²) in [4.78, 5) is 4.62. The van der Waals surface area contributed by atoms with Gasteiger partial charge in [-0.3, -0.25) is 4.98 Å². The minimum atomic E-state index is -0.122. The molecule has 2 heterocycles. The molecule has 0 spiro atoms. The Bertz CT molecular complexity index is 918. The Labute approximate surface area is 173 Å². The van der Waals surface area contributed by atoms with Gasteiger partial charge in [0.05, 0.1) is 18.9 Å². The quantitative estimate of drug-likeness (QED) is 0.437. The fourth-order valence-corrected chi connectivity index (χ4v) is 3.63. The van der Waals surface area contributed by atoms with Crippen molar-refractivity contribution in [3.63, 3.8) is 0 Å². The summed E-state index contributed by atoms with van der Waals surface area (Å²) < 4.78 is 13.7. The maximum absolute atomic E-state index is 5.75. The fourth-order valence-electron chi connectivity index (χ4n) is 3.63. The van der Waals surface area contributed by atoms with Crippen LogP contribution in [-0.2, 0) is 16.0 Å². The van der Waals surface area contributed by atoms with Crippen molar-refractivity contribution in [1.29, 1.82) is 0 Å². The maximum atomic E-state index is 5.75. The second-order valence-corrected chi connectivity index (χ2v) is 7.24. The van der Waals surface area contributed by atoms with Gasteiger partial charge >= 0.3 is 0 Å². The summed E-state index contributed by atoms with van der Waals surface area (Å²) in [6, 6.07) is 20.8. The number of hydrogen-bond donors (Lipinski definition) is 0. The molecule has 1 atom stereocenters. The van der Waals surface area contributed by atoms with Crippen LogP contribution in [0.5, 0.6) is 0 Å². The first kappa shape index (κ1) is 19.7. The first-order valence-electron chi connectivity index (χ1n) is 10.2. The van der Waals surface area contributed by atoms with E-state index in [1.807, 2.05) is 24.5 Å². The number of nitrogens with zero attached hydrogens (tertiary/aromatic N) is 2. The van der Waals surface area contributed by atoms with Crippen LogP contribution >= 0.6 is 0 Å². The van der Waals surface area contributed by atoms with Gasteiger partial charge in [-0.2, -0.15) is 0 Å². The Morgan fingerprint density at radius 1 is 1.10 bits per heavy atom. The number of benzene rings is 2. The first-order valence-corrected chi connectivity index (χ1v) is 10.2. The highest BCUT2D eigenvalue weighted by Gasteiger charge is 2.26. The minimum Gasteiger partial charge on any atom is -0.350 e. The van der Waals surface area contributed by atoms with Crippen LogP contribution in [0.1, 0.15) is 24.5 Å². The van der Waals surface area contributed by atoms with E-state index in [1.54, 1.807) is 0 Å². The van der Waals surface area contributed by atoms with Gasteiger partial charge in [-0.25, -0.2) is 0 Å². The van der Waals surface area contributed by atoms with Gasteiger partial charge in [0.25, 0.3) is 0 Å². The summed E-state index contributed by atoms with van der Waals surface area (Å²) in [5.41, 5.74) is 4.40. The average molecular weight is 385 g/mol. The van der Waals surface area contributed by atoms with Crippen molar-refractivity contribution in [3.8, 4) is 0 Å². The summed E-state index contributed by atoms with van der Waals surface area (Å²) >= 11 is 0. The van der Waals surface area contributed by atoms with Crippen LogP contribution in [0.3, 0.4) is 0 Å². The first-order chi connectivity index (χ1) is 14.3. The van der Waals surface area contributed by atoms with Gasteiger partial charge in [-0.1, -0.05) is 79.1 Å². The topological polar surface area (TPSA) is 36.3 Å². The zero-order valence-electron chi connectivity index (χ0n) is 16.8. The standard InChI is InChI=1S/C24H26BN2O2/c1-2-20(23-28-15-16-29-23)18-27-14-13-26-24(27)25-22(21-11-7-4-8-12-21)17-19-9-5-3-6-10-19/h3-14,17,20,23H,2,15-16,18H2,1H3. The van der Waals surface area contributed by atoms with Gasteiger partial charge in [0.15, 0.2) is 6.29 Å². The number of hydrogen-bond acceptors (Lipinski definition) is 3. The minimum absolute atomic E-state index is 0.122. The van der Waals surface area contributed by atoms with Crippen molar-refractivity contribution in [2.24, 2.45) is 5.92 Å². The smallest absolute Gasteiger partial charge is 0.241 e. The summed E-state index contributed by atoms with van der Waals surface area (Å²) in [6.45, 7) is 4.37. The van der Waals surface area contributed by atoms with E-state index in [2.05, 4.69) is 78.4 Å². The van der Waals surface area contributed by atoms with E-state index in [0.29, 0.717) is 19.1 Å². The lowest BCUT2D eigenvalue weighted by Crippen LogP contribution is -2.33. The van der Waals surface area contributed by atoms with E-state index in [1.165, 1.54) is 11.1 Å². The molecule has 1 aliphatic rings. The van der Waals surface area contributed by atoms with Crippen LogP contribution in [0.25, 0.3) is 11.5 Å². The van der Waals surface area contributed by atoms with Crippen molar-refractivity contribution >= 4 is 24.6 Å². The second-order valence-electron chi connectivity index (χ2n) is 7.24. The molecule has 0 amide bonds. The molecule has 1 radical (unpaired) electrons. The summed E-state index contributed by atoms with van der Waals surface area (Å²) in [5, 5.41) is 0. The zero-order chi connectivity index (χ0) is 19.9. The van der Waals surface area contributed by atoms with Crippen LogP contribution in [0.2, 0.25) is 0 Å². The third-order valence-corrected chi connectivity index (χ3v) is 5.25. The van der Waals surface area contributed by atoms with Crippen LogP contribution in [0.4, 0.5) is 0 Å². The van der Waals surface area contributed by atoms with Crippen LogP contribution in [-0.4, -0.2) is 36.3 Å². The van der Waals surface area contributed by atoms with Crippen molar-refractivity contribution in [3.05, 3.63) is 84.2 Å². The van der Waals surface area contributed by atoms with Crippen LogP contribution < -0.4 is 5.72 Å². The van der Waals surface area contributed by atoms with E-state index in [-0.39, 0.29) is 6.29 Å². The number of rotatable bonds is 8. The number of ether oxygens (including phenoxy) is 2. The van der Waals surface area contributed by atoms with Gasteiger partial charge in [0, 0.05) is 24.9 Å². The SMILES string of the molecule is CCC(Cn1ccnc1[B]C(=Cc1ccccc1)c1ccccc1)C1OCCO1. The molecular formula is C24H26BN2O2. The Morgan fingerprint density at radius 3 is 2.48 bits per heavy atom. The van der Waals surface area contributed by atoms with E-state index in [9.17, 15) is 0 Å². The monoisotopic (exact) mass is 385 g/mol. The van der Waals surface area contributed by atoms with Gasteiger partial charge < -0.3 is 14.0 Å². The average Bonchev–Trinajstić information content (AvgIpc) is 3.45. The Hall–Kier alpha value is -2.63. The molecule has 3 aromatic rings. The summed E-state index contributed by atoms with van der Waals surface area (Å²) in [7, 11) is 2.16. The van der Waals surface area contributed by atoms with E-state index in [4.69, 9.17) is 9.47 Å². The third kappa shape index (κ3) is 5.05. The molecule has 1 aromatic heterocycles. The third-order valence-electron chi connectivity index (χ3n) is 5.25. The summed E-state index contributed by atoms with van der Waals surface area (Å²) in [5.74, 6) is 0.303. The Morgan fingerprint density at radius 2 is 1.79 bits per heavy atom. The highest BCUT2D eigenvalue weighted by Crippen LogP contribution is 2.20. The van der Waals surface area contributed by atoms with Gasteiger partial charge in [-0.05, 0) is 17.5 Å². The molecule has 1 saturated heterocycles. The molecule has 5 heteroatoms. The molecule has 1 fully saturated rings. The van der Waals surface area contributed by atoms with Crippen molar-refractivity contribution in [2.75, 3.05) is 13.2 Å². The molecular weight excluding hydrogens is 359 g/mol. The lowest BCUT2D eigenvalue weighted by atomic mass is 9.65. The van der Waals surface area contributed by atoms with E-state index < -0.39 is 0 Å². The summed E-state index contributed by atoms with van der Waals surface area (Å²) in [6.07, 6.45) is 6.97. The molecule has 1 unspecified atom stereocenters. The highest BCUT2D eigenvalue weighted by atomic mass is 16.7. The normalized spacial score (nSPS) is 16.1. The second kappa shape index (κ2) is 9.72. The zero-order valence-corrected chi connectivity index (χ0v) is 16.8. The van der Waals surface area contributed by atoms with Gasteiger partial charge in [-0.15, -0.1) is 0 Å². The van der Waals surface area contributed by atoms with Crippen LogP contribution in [0.15, 0.2) is 73.1 Å². The molecule has 0 bridgehead atoms. The van der Waals surface area contributed by atoms with Crippen LogP contribution in [0, 0.1) is 5.92 Å². The Kier molecular flexibility index (Phi) is 6.60. The number of aromatic nitrogens is 2. The molecule has 29 heavy (non-hydrogen) atoms. The van der Waals surface area contributed by atoms with E-state index >= 15 is 0 Å². The molecule has 0 N–H and O–H groups in total. The largest absolute Gasteiger partial charge is 0.350 e. The predicted molar refractivity (Wildman–Crippen MR) is 118 cm³/mol. The molecule has 1 aliphatic heterocycles. The molecule has 0 saturated carbocycles. The highest BCUT2D eigenvalue weighted by molar-refractivity contribution is 6.73. The van der Waals surface area contributed by atoms with Gasteiger partial charge in [0.1, 0.15) is 0 Å². The molecule has 4 rings (SSSR count). The molecule has 4 nitrogen and oxygen atoms in total. The van der Waals surface area contributed by atoms with E-state index in [0.717, 1.165) is 24.2 Å². The molecule has 2 aromatic carbocycles. The number of imidazole rings is 1.